The molecular weight excluding hydrogens is 374 g/mol. The van der Waals surface area contributed by atoms with Crippen LogP contribution in [0.15, 0.2) is 85.2 Å². The number of anilines is 1. The van der Waals surface area contributed by atoms with Crippen LogP contribution in [0.5, 0.6) is 11.6 Å². The molecule has 5 heteroatoms. The maximum absolute atomic E-state index is 12.7. The molecule has 0 atom stereocenters. The number of aryl methyl sites for hydroxylation is 2. The highest BCUT2D eigenvalue weighted by atomic mass is 16.5. The van der Waals surface area contributed by atoms with Crippen molar-refractivity contribution in [2.24, 2.45) is 0 Å². The molecule has 1 heterocycles. The van der Waals surface area contributed by atoms with E-state index in [1.54, 1.807) is 30.3 Å². The molecule has 0 aliphatic carbocycles. The van der Waals surface area contributed by atoms with Gasteiger partial charge in [-0.05, 0) is 43.7 Å². The van der Waals surface area contributed by atoms with Gasteiger partial charge in [-0.1, -0.05) is 54.1 Å². The third-order valence-electron chi connectivity index (χ3n) is 4.66. The number of amides is 1. The van der Waals surface area contributed by atoms with E-state index in [-0.39, 0.29) is 5.91 Å². The minimum absolute atomic E-state index is 0.194. The van der Waals surface area contributed by atoms with Crippen molar-refractivity contribution in [1.29, 1.82) is 0 Å². The Kier molecular flexibility index (Phi) is 5.52. The topological polar surface area (TPSA) is 64.1 Å². The van der Waals surface area contributed by atoms with E-state index in [4.69, 9.17) is 4.74 Å². The van der Waals surface area contributed by atoms with Gasteiger partial charge in [0.05, 0.1) is 5.69 Å². The Hall–Kier alpha value is -3.99. The summed E-state index contributed by atoms with van der Waals surface area (Å²) >= 11 is 0. The highest BCUT2D eigenvalue weighted by Gasteiger charge is 2.10. The van der Waals surface area contributed by atoms with E-state index in [0.29, 0.717) is 17.2 Å². The minimum Gasteiger partial charge on any atom is -0.439 e. The third-order valence-corrected chi connectivity index (χ3v) is 4.66. The molecule has 0 bridgehead atoms. The Morgan fingerprint density at radius 2 is 1.70 bits per heavy atom. The maximum Gasteiger partial charge on any atom is 0.255 e. The molecule has 0 spiro atoms. The lowest BCUT2D eigenvalue weighted by atomic mass is 10.1. The molecule has 3 aromatic carbocycles. The highest BCUT2D eigenvalue weighted by molar-refractivity contribution is 6.04. The summed E-state index contributed by atoms with van der Waals surface area (Å²) in [7, 11) is 0. The van der Waals surface area contributed by atoms with Crippen LogP contribution in [0.25, 0.3) is 11.3 Å². The second-order valence-corrected chi connectivity index (χ2v) is 7.01. The summed E-state index contributed by atoms with van der Waals surface area (Å²) in [5.74, 6) is 0.747. The van der Waals surface area contributed by atoms with Crippen LogP contribution in [0.3, 0.4) is 0 Å². The molecule has 4 rings (SSSR count). The standard InChI is InChI=1S/C25H21N3O2/c1-17-11-12-22(18(2)13-17)28-25(29)20-9-6-10-21(14-20)30-24-15-23(26-16-27-24)19-7-4-3-5-8-19/h3-16H,1-2H3,(H,28,29). The van der Waals surface area contributed by atoms with Crippen LogP contribution in [0.1, 0.15) is 21.5 Å². The van der Waals surface area contributed by atoms with Crippen LogP contribution in [0, 0.1) is 13.8 Å². The highest BCUT2D eigenvalue weighted by Crippen LogP contribution is 2.25. The second kappa shape index (κ2) is 8.57. The lowest BCUT2D eigenvalue weighted by molar-refractivity contribution is 0.102. The molecule has 4 aromatic rings. The number of carbonyl (C=O) groups is 1. The largest absolute Gasteiger partial charge is 0.439 e. The Morgan fingerprint density at radius 1 is 0.867 bits per heavy atom. The smallest absolute Gasteiger partial charge is 0.255 e. The quantitative estimate of drug-likeness (QED) is 0.463. The zero-order valence-electron chi connectivity index (χ0n) is 16.8. The van der Waals surface area contributed by atoms with Crippen molar-refractivity contribution in [1.82, 2.24) is 9.97 Å². The molecule has 0 radical (unpaired) electrons. The second-order valence-electron chi connectivity index (χ2n) is 7.01. The number of carbonyl (C=O) groups excluding carboxylic acids is 1. The summed E-state index contributed by atoms with van der Waals surface area (Å²) in [5, 5.41) is 2.96. The van der Waals surface area contributed by atoms with Gasteiger partial charge in [0.25, 0.3) is 5.91 Å². The lowest BCUT2D eigenvalue weighted by Gasteiger charge is -2.11. The molecule has 0 aliphatic rings. The van der Waals surface area contributed by atoms with E-state index in [2.05, 4.69) is 15.3 Å². The first-order valence-corrected chi connectivity index (χ1v) is 9.62. The number of aromatic nitrogens is 2. The molecule has 148 valence electrons. The molecule has 0 saturated heterocycles. The zero-order chi connectivity index (χ0) is 20.9. The fourth-order valence-corrected chi connectivity index (χ4v) is 3.13. The van der Waals surface area contributed by atoms with Crippen LogP contribution in [-0.2, 0) is 0 Å². The van der Waals surface area contributed by atoms with Gasteiger partial charge in [-0.15, -0.1) is 0 Å². The number of hydrogen-bond acceptors (Lipinski definition) is 4. The fraction of sp³-hybridized carbons (Fsp3) is 0.0800. The van der Waals surface area contributed by atoms with Crippen LogP contribution in [0.4, 0.5) is 5.69 Å². The molecule has 5 nitrogen and oxygen atoms in total. The van der Waals surface area contributed by atoms with Crippen molar-refractivity contribution in [2.75, 3.05) is 5.32 Å². The summed E-state index contributed by atoms with van der Waals surface area (Å²) in [6.07, 6.45) is 1.47. The minimum atomic E-state index is -0.194. The summed E-state index contributed by atoms with van der Waals surface area (Å²) in [5.41, 5.74) is 5.21. The van der Waals surface area contributed by atoms with Crippen molar-refractivity contribution in [3.8, 4) is 22.9 Å². The number of nitrogens with one attached hydrogen (secondary N) is 1. The van der Waals surface area contributed by atoms with Crippen LogP contribution >= 0.6 is 0 Å². The first-order valence-electron chi connectivity index (χ1n) is 9.62. The van der Waals surface area contributed by atoms with Gasteiger partial charge in [0.2, 0.25) is 5.88 Å². The van der Waals surface area contributed by atoms with Crippen LogP contribution in [-0.4, -0.2) is 15.9 Å². The Balaban J connectivity index is 1.52. The van der Waals surface area contributed by atoms with E-state index in [1.807, 2.05) is 62.4 Å². The predicted octanol–water partition coefficient (Wildman–Crippen LogP) is 5.81. The van der Waals surface area contributed by atoms with E-state index < -0.39 is 0 Å². The molecule has 0 fully saturated rings. The van der Waals surface area contributed by atoms with Crippen molar-refractivity contribution in [3.63, 3.8) is 0 Å². The predicted molar refractivity (Wildman–Crippen MR) is 118 cm³/mol. The van der Waals surface area contributed by atoms with E-state index in [9.17, 15) is 4.79 Å². The van der Waals surface area contributed by atoms with Crippen LogP contribution < -0.4 is 10.1 Å². The molecular formula is C25H21N3O2. The monoisotopic (exact) mass is 395 g/mol. The van der Waals surface area contributed by atoms with Gasteiger partial charge >= 0.3 is 0 Å². The average Bonchev–Trinajstić information content (AvgIpc) is 2.77. The van der Waals surface area contributed by atoms with Crippen molar-refractivity contribution >= 4 is 11.6 Å². The molecule has 30 heavy (non-hydrogen) atoms. The summed E-state index contributed by atoms with van der Waals surface area (Å²) in [6, 6.07) is 24.5. The molecule has 0 unspecified atom stereocenters. The van der Waals surface area contributed by atoms with Gasteiger partial charge in [-0.25, -0.2) is 9.97 Å². The fourth-order valence-electron chi connectivity index (χ4n) is 3.13. The van der Waals surface area contributed by atoms with Gasteiger partial charge in [0.1, 0.15) is 12.1 Å². The number of ether oxygens (including phenoxy) is 1. The molecule has 0 aliphatic heterocycles. The third kappa shape index (κ3) is 4.52. The van der Waals surface area contributed by atoms with Gasteiger partial charge in [-0.2, -0.15) is 0 Å². The van der Waals surface area contributed by atoms with Gasteiger partial charge in [0.15, 0.2) is 0 Å². The number of benzene rings is 3. The molecule has 1 amide bonds. The van der Waals surface area contributed by atoms with Crippen LogP contribution in [0.2, 0.25) is 0 Å². The Labute approximate surface area is 175 Å². The van der Waals surface area contributed by atoms with E-state index in [1.165, 1.54) is 6.33 Å². The van der Waals surface area contributed by atoms with Crippen molar-refractivity contribution in [2.45, 2.75) is 13.8 Å². The zero-order valence-corrected chi connectivity index (χ0v) is 16.8. The van der Waals surface area contributed by atoms with E-state index in [0.717, 1.165) is 28.1 Å². The molecule has 0 saturated carbocycles. The molecule has 1 N–H and O–H groups in total. The number of rotatable bonds is 5. The summed E-state index contributed by atoms with van der Waals surface area (Å²) < 4.78 is 5.89. The van der Waals surface area contributed by atoms with Gasteiger partial charge in [-0.3, -0.25) is 4.79 Å². The van der Waals surface area contributed by atoms with E-state index >= 15 is 0 Å². The molecule has 1 aromatic heterocycles. The number of nitrogens with zero attached hydrogens (tertiary/aromatic N) is 2. The summed E-state index contributed by atoms with van der Waals surface area (Å²) in [6.45, 7) is 4.00. The first kappa shape index (κ1) is 19.3. The first-order chi connectivity index (χ1) is 14.6. The lowest BCUT2D eigenvalue weighted by Crippen LogP contribution is -2.12. The van der Waals surface area contributed by atoms with Crippen molar-refractivity contribution < 1.29 is 9.53 Å². The summed E-state index contributed by atoms with van der Waals surface area (Å²) in [4.78, 5) is 21.2. The van der Waals surface area contributed by atoms with Gasteiger partial charge < -0.3 is 10.1 Å². The Bertz CT molecular complexity index is 1190. The SMILES string of the molecule is Cc1ccc(NC(=O)c2cccc(Oc3cc(-c4ccccc4)ncn3)c2)c(C)c1. The number of hydrogen-bond donors (Lipinski definition) is 1. The normalized spacial score (nSPS) is 10.5. The Morgan fingerprint density at radius 3 is 2.50 bits per heavy atom. The maximum atomic E-state index is 12.7. The van der Waals surface area contributed by atoms with Gasteiger partial charge in [0, 0.05) is 22.9 Å². The van der Waals surface area contributed by atoms with Crippen molar-refractivity contribution in [3.05, 3.63) is 102 Å². The average molecular weight is 395 g/mol.